The van der Waals surface area contributed by atoms with E-state index in [-0.39, 0.29) is 16.2 Å². The van der Waals surface area contributed by atoms with Crippen LogP contribution in [0.15, 0.2) is 23.1 Å². The van der Waals surface area contributed by atoms with E-state index in [0.717, 1.165) is 0 Å². The van der Waals surface area contributed by atoms with Crippen molar-refractivity contribution in [2.45, 2.75) is 4.90 Å². The molecule has 0 saturated carbocycles. The van der Waals surface area contributed by atoms with E-state index in [1.807, 2.05) is 0 Å². The number of benzene rings is 1. The van der Waals surface area contributed by atoms with Crippen molar-refractivity contribution < 1.29 is 17.9 Å². The number of carbonyl (C=O) groups is 1. The zero-order valence-electron chi connectivity index (χ0n) is 8.69. The molecule has 0 saturated heterocycles. The summed E-state index contributed by atoms with van der Waals surface area (Å²) in [5.41, 5.74) is 0.601. The highest BCUT2D eigenvalue weighted by atomic mass is 32.2. The fourth-order valence-corrected chi connectivity index (χ4v) is 3.04. The van der Waals surface area contributed by atoms with Gasteiger partial charge in [0.25, 0.3) is 0 Å². The van der Waals surface area contributed by atoms with Gasteiger partial charge in [0.05, 0.1) is 29.0 Å². The topological polar surface area (TPSA) is 72.5 Å². The van der Waals surface area contributed by atoms with Crippen molar-refractivity contribution in [3.63, 3.8) is 0 Å². The molecule has 0 spiro atoms. The van der Waals surface area contributed by atoms with Crippen molar-refractivity contribution in [3.05, 3.63) is 23.8 Å². The first kappa shape index (κ1) is 10.9. The second kappa shape index (κ2) is 3.79. The molecule has 0 amide bonds. The van der Waals surface area contributed by atoms with Gasteiger partial charge in [-0.25, -0.2) is 13.2 Å². The summed E-state index contributed by atoms with van der Waals surface area (Å²) in [5.74, 6) is -0.494. The van der Waals surface area contributed by atoms with Crippen LogP contribution in [0.5, 0.6) is 0 Å². The molecule has 0 unspecified atom stereocenters. The van der Waals surface area contributed by atoms with Gasteiger partial charge in [-0.05, 0) is 12.1 Å². The van der Waals surface area contributed by atoms with Gasteiger partial charge in [0.15, 0.2) is 9.84 Å². The number of hydrogen-bond donors (Lipinski definition) is 1. The van der Waals surface area contributed by atoms with E-state index in [0.29, 0.717) is 12.2 Å². The number of ether oxygens (including phenoxy) is 1. The quantitative estimate of drug-likeness (QED) is 0.732. The summed E-state index contributed by atoms with van der Waals surface area (Å²) in [6.07, 6.45) is 0. The lowest BCUT2D eigenvalue weighted by Gasteiger charge is -2.20. The molecule has 1 aromatic carbocycles. The highest BCUT2D eigenvalue weighted by Gasteiger charge is 2.27. The Bertz CT molecular complexity index is 536. The summed E-state index contributed by atoms with van der Waals surface area (Å²) in [4.78, 5) is 11.6. The van der Waals surface area contributed by atoms with Gasteiger partial charge in [0.1, 0.15) is 0 Å². The van der Waals surface area contributed by atoms with Crippen molar-refractivity contribution in [2.24, 2.45) is 0 Å². The third kappa shape index (κ3) is 1.65. The van der Waals surface area contributed by atoms with Crippen LogP contribution in [-0.2, 0) is 14.6 Å². The van der Waals surface area contributed by atoms with Crippen LogP contribution in [0, 0.1) is 0 Å². The molecule has 86 valence electrons. The van der Waals surface area contributed by atoms with Crippen molar-refractivity contribution in [3.8, 4) is 0 Å². The van der Waals surface area contributed by atoms with Gasteiger partial charge in [-0.1, -0.05) is 6.07 Å². The Kier molecular flexibility index (Phi) is 2.59. The minimum absolute atomic E-state index is 0.0463. The van der Waals surface area contributed by atoms with Crippen LogP contribution in [-0.4, -0.2) is 33.8 Å². The van der Waals surface area contributed by atoms with Gasteiger partial charge >= 0.3 is 5.97 Å². The molecule has 1 aliphatic rings. The summed E-state index contributed by atoms with van der Waals surface area (Å²) >= 11 is 0. The van der Waals surface area contributed by atoms with Crippen LogP contribution >= 0.6 is 0 Å². The fourth-order valence-electron chi connectivity index (χ4n) is 1.67. The first-order valence-electron chi connectivity index (χ1n) is 4.74. The maximum Gasteiger partial charge on any atom is 0.340 e. The number of sulfone groups is 1. The van der Waals surface area contributed by atoms with Crippen LogP contribution < -0.4 is 5.32 Å². The van der Waals surface area contributed by atoms with E-state index in [2.05, 4.69) is 10.1 Å². The Morgan fingerprint density at radius 1 is 1.44 bits per heavy atom. The maximum absolute atomic E-state index is 11.7. The third-order valence-corrected chi connectivity index (χ3v) is 4.19. The Morgan fingerprint density at radius 3 is 2.88 bits per heavy atom. The standard InChI is InChI=1S/C10H11NO4S/c1-15-10(12)7-3-2-4-8-9(7)11-5-6-16(8,13)14/h2-4,11H,5-6H2,1H3. The van der Waals surface area contributed by atoms with E-state index in [1.54, 1.807) is 6.07 Å². The number of nitrogens with one attached hydrogen (secondary N) is 1. The summed E-state index contributed by atoms with van der Waals surface area (Å²) < 4.78 is 28.1. The monoisotopic (exact) mass is 241 g/mol. The van der Waals surface area contributed by atoms with Crippen LogP contribution in [0.4, 0.5) is 5.69 Å². The molecule has 5 nitrogen and oxygen atoms in total. The molecule has 16 heavy (non-hydrogen) atoms. The summed E-state index contributed by atoms with van der Waals surface area (Å²) in [7, 11) is -2.01. The van der Waals surface area contributed by atoms with Gasteiger partial charge < -0.3 is 10.1 Å². The van der Waals surface area contributed by atoms with E-state index in [1.165, 1.54) is 19.2 Å². The molecule has 1 heterocycles. The smallest absolute Gasteiger partial charge is 0.340 e. The van der Waals surface area contributed by atoms with Crippen molar-refractivity contribution in [1.29, 1.82) is 0 Å². The number of hydrogen-bond acceptors (Lipinski definition) is 5. The predicted octanol–water partition coefficient (Wildman–Crippen LogP) is 0.672. The van der Waals surface area contributed by atoms with E-state index >= 15 is 0 Å². The van der Waals surface area contributed by atoms with E-state index < -0.39 is 15.8 Å². The second-order valence-corrected chi connectivity index (χ2v) is 5.49. The molecule has 6 heteroatoms. The molecule has 1 aliphatic heterocycles. The van der Waals surface area contributed by atoms with Crippen LogP contribution in [0.1, 0.15) is 10.4 Å². The molecule has 0 radical (unpaired) electrons. The number of methoxy groups -OCH3 is 1. The van der Waals surface area contributed by atoms with Crippen molar-refractivity contribution >= 4 is 21.5 Å². The number of carbonyl (C=O) groups excluding carboxylic acids is 1. The Balaban J connectivity index is 2.65. The van der Waals surface area contributed by atoms with Gasteiger partial charge in [-0.2, -0.15) is 0 Å². The normalized spacial score (nSPS) is 17.1. The van der Waals surface area contributed by atoms with Crippen LogP contribution in [0.25, 0.3) is 0 Å². The Labute approximate surface area is 93.3 Å². The van der Waals surface area contributed by atoms with E-state index in [9.17, 15) is 13.2 Å². The molecule has 1 aromatic rings. The Morgan fingerprint density at radius 2 is 2.19 bits per heavy atom. The summed E-state index contributed by atoms with van der Waals surface area (Å²) in [6, 6.07) is 4.57. The number of esters is 1. The van der Waals surface area contributed by atoms with Gasteiger partial charge in [-0.15, -0.1) is 0 Å². The van der Waals surface area contributed by atoms with Crippen molar-refractivity contribution in [1.82, 2.24) is 0 Å². The predicted molar refractivity (Wildman–Crippen MR) is 58.3 cm³/mol. The lowest BCUT2D eigenvalue weighted by molar-refractivity contribution is 0.0601. The highest BCUT2D eigenvalue weighted by molar-refractivity contribution is 7.91. The minimum atomic E-state index is -3.28. The number of anilines is 1. The van der Waals surface area contributed by atoms with Crippen molar-refractivity contribution in [2.75, 3.05) is 24.7 Å². The number of rotatable bonds is 1. The maximum atomic E-state index is 11.7. The average Bonchev–Trinajstić information content (AvgIpc) is 2.27. The molecule has 2 rings (SSSR count). The molecule has 0 fully saturated rings. The molecular formula is C10H11NO4S. The Hall–Kier alpha value is -1.56. The van der Waals surface area contributed by atoms with Gasteiger partial charge in [0.2, 0.25) is 0 Å². The summed E-state index contributed by atoms with van der Waals surface area (Å²) in [5, 5.41) is 2.92. The second-order valence-electron chi connectivity index (χ2n) is 3.42. The third-order valence-electron chi connectivity index (χ3n) is 2.44. The zero-order chi connectivity index (χ0) is 11.8. The fraction of sp³-hybridized carbons (Fsp3) is 0.300. The van der Waals surface area contributed by atoms with Gasteiger partial charge in [0, 0.05) is 6.54 Å². The largest absolute Gasteiger partial charge is 0.465 e. The molecule has 0 aromatic heterocycles. The summed E-state index contributed by atoms with van der Waals surface area (Å²) in [6.45, 7) is 0.309. The lowest BCUT2D eigenvalue weighted by Crippen LogP contribution is -2.25. The number of fused-ring (bicyclic) bond motifs is 1. The zero-order valence-corrected chi connectivity index (χ0v) is 9.50. The highest BCUT2D eigenvalue weighted by Crippen LogP contribution is 2.29. The minimum Gasteiger partial charge on any atom is -0.465 e. The lowest BCUT2D eigenvalue weighted by atomic mass is 10.1. The molecular weight excluding hydrogens is 230 g/mol. The number of para-hydroxylation sites is 1. The van der Waals surface area contributed by atoms with E-state index in [4.69, 9.17) is 0 Å². The molecule has 0 bridgehead atoms. The van der Waals surface area contributed by atoms with Crippen LogP contribution in [0.3, 0.4) is 0 Å². The van der Waals surface area contributed by atoms with Gasteiger partial charge in [-0.3, -0.25) is 0 Å². The first-order valence-corrected chi connectivity index (χ1v) is 6.39. The first-order chi connectivity index (χ1) is 7.56. The molecule has 0 aliphatic carbocycles. The SMILES string of the molecule is COC(=O)c1cccc2c1NCCS2(=O)=O. The molecule has 0 atom stereocenters. The molecule has 1 N–H and O–H groups in total. The van der Waals surface area contributed by atoms with Crippen LogP contribution in [0.2, 0.25) is 0 Å². The average molecular weight is 241 g/mol.